The van der Waals surface area contributed by atoms with Crippen molar-refractivity contribution in [2.24, 2.45) is 23.2 Å². The van der Waals surface area contributed by atoms with Gasteiger partial charge in [0.25, 0.3) is 0 Å². The van der Waals surface area contributed by atoms with Gasteiger partial charge in [-0.15, -0.1) is 0 Å². The van der Waals surface area contributed by atoms with Crippen LogP contribution in [0.4, 0.5) is 0 Å². The van der Waals surface area contributed by atoms with Crippen molar-refractivity contribution in [1.29, 1.82) is 0 Å². The predicted octanol–water partition coefficient (Wildman–Crippen LogP) is 17.0. The molecule has 0 saturated carbocycles. The Kier molecular flexibility index (Phi) is 41.6. The standard InChI is InChI=1S/C54H104O6/c1-8-11-14-17-20-23-26-29-32-35-38-41-48(4)51(55)58-45-44-54(7,46-59-52(56)49(5)42-39-36-33-30-27-24-21-18-15-12-9-2)47-60-53(57)50(6)43-40-37-34-31-28-25-22-19-16-13-10-3/h48-50H,8-47H2,1-7H3. The summed E-state index contributed by atoms with van der Waals surface area (Å²) < 4.78 is 17.6. The molecule has 0 aliphatic rings. The fourth-order valence-corrected chi connectivity index (χ4v) is 8.20. The normalized spacial score (nSPS) is 14.1. The lowest BCUT2D eigenvalue weighted by Gasteiger charge is -2.29. The molecule has 0 saturated heterocycles. The maximum absolute atomic E-state index is 13.1. The first kappa shape index (κ1) is 58.4. The van der Waals surface area contributed by atoms with Gasteiger partial charge in [0.1, 0.15) is 13.2 Å². The number of esters is 3. The van der Waals surface area contributed by atoms with E-state index in [1.54, 1.807) is 0 Å². The van der Waals surface area contributed by atoms with E-state index in [4.69, 9.17) is 14.2 Å². The molecule has 0 aromatic heterocycles. The van der Waals surface area contributed by atoms with Crippen molar-refractivity contribution in [3.63, 3.8) is 0 Å². The molecule has 0 N–H and O–H groups in total. The number of unbranched alkanes of at least 4 members (excludes halogenated alkanes) is 30. The maximum Gasteiger partial charge on any atom is 0.308 e. The van der Waals surface area contributed by atoms with Gasteiger partial charge in [0, 0.05) is 5.41 Å². The molecule has 0 amide bonds. The highest BCUT2D eigenvalue weighted by Gasteiger charge is 2.31. The Labute approximate surface area is 374 Å². The lowest BCUT2D eigenvalue weighted by Crippen LogP contribution is -2.35. The topological polar surface area (TPSA) is 78.9 Å². The average molecular weight is 849 g/mol. The minimum atomic E-state index is -0.642. The Hall–Kier alpha value is -1.59. The summed E-state index contributed by atoms with van der Waals surface area (Å²) in [7, 11) is 0. The monoisotopic (exact) mass is 849 g/mol. The lowest BCUT2D eigenvalue weighted by atomic mass is 9.89. The molecule has 3 unspecified atom stereocenters. The summed E-state index contributed by atoms with van der Waals surface area (Å²) in [6.45, 7) is 15.2. The zero-order valence-corrected chi connectivity index (χ0v) is 41.5. The molecule has 0 radical (unpaired) electrons. The maximum atomic E-state index is 13.1. The molecule has 0 aliphatic carbocycles. The summed E-state index contributed by atoms with van der Waals surface area (Å²) >= 11 is 0. The van der Waals surface area contributed by atoms with Gasteiger partial charge in [0.05, 0.1) is 24.4 Å². The molecule has 60 heavy (non-hydrogen) atoms. The lowest BCUT2D eigenvalue weighted by molar-refractivity contribution is -0.161. The van der Waals surface area contributed by atoms with Crippen LogP contribution in [-0.4, -0.2) is 37.7 Å². The van der Waals surface area contributed by atoms with Gasteiger partial charge < -0.3 is 14.2 Å². The van der Waals surface area contributed by atoms with E-state index in [0.29, 0.717) is 6.42 Å². The highest BCUT2D eigenvalue weighted by atomic mass is 16.6. The summed E-state index contributed by atoms with van der Waals surface area (Å²) in [5.74, 6) is -1.03. The van der Waals surface area contributed by atoms with Crippen LogP contribution in [0.25, 0.3) is 0 Å². The molecule has 0 aromatic carbocycles. The Bertz CT molecular complexity index is 916. The molecular weight excluding hydrogens is 745 g/mol. The van der Waals surface area contributed by atoms with Crippen LogP contribution in [0.1, 0.15) is 286 Å². The number of carbonyl (C=O) groups is 3. The van der Waals surface area contributed by atoms with E-state index >= 15 is 0 Å². The summed E-state index contributed by atoms with van der Waals surface area (Å²) in [6, 6.07) is 0. The van der Waals surface area contributed by atoms with Crippen molar-refractivity contribution < 1.29 is 28.6 Å². The van der Waals surface area contributed by atoms with E-state index in [2.05, 4.69) is 20.8 Å². The van der Waals surface area contributed by atoms with Crippen LogP contribution < -0.4 is 0 Å². The molecule has 0 heterocycles. The van der Waals surface area contributed by atoms with E-state index < -0.39 is 5.41 Å². The first-order valence-electron chi connectivity index (χ1n) is 26.6. The van der Waals surface area contributed by atoms with E-state index in [-0.39, 0.29) is 55.5 Å². The third-order valence-corrected chi connectivity index (χ3v) is 13.0. The smallest absolute Gasteiger partial charge is 0.308 e. The first-order valence-corrected chi connectivity index (χ1v) is 26.6. The largest absolute Gasteiger partial charge is 0.465 e. The molecular formula is C54H104O6. The molecule has 0 bridgehead atoms. The van der Waals surface area contributed by atoms with Crippen LogP contribution in [0.2, 0.25) is 0 Å². The van der Waals surface area contributed by atoms with Gasteiger partial charge in [-0.3, -0.25) is 14.4 Å². The minimum Gasteiger partial charge on any atom is -0.465 e. The van der Waals surface area contributed by atoms with Crippen LogP contribution >= 0.6 is 0 Å². The number of carbonyl (C=O) groups excluding carboxylic acids is 3. The van der Waals surface area contributed by atoms with Gasteiger partial charge in [-0.05, 0) is 25.7 Å². The second-order valence-electron chi connectivity index (χ2n) is 19.6. The van der Waals surface area contributed by atoms with E-state index in [1.165, 1.54) is 173 Å². The van der Waals surface area contributed by atoms with Gasteiger partial charge >= 0.3 is 17.9 Å². The highest BCUT2D eigenvalue weighted by molar-refractivity contribution is 5.73. The Balaban J connectivity index is 4.77. The summed E-state index contributed by atoms with van der Waals surface area (Å²) in [6.07, 6.45) is 45.4. The Morgan fingerprint density at radius 3 is 0.817 bits per heavy atom. The molecule has 3 atom stereocenters. The van der Waals surface area contributed by atoms with Gasteiger partial charge in [-0.2, -0.15) is 0 Å². The first-order chi connectivity index (χ1) is 29.1. The summed E-state index contributed by atoms with van der Waals surface area (Å²) in [5.41, 5.74) is -0.642. The SMILES string of the molecule is CCCCCCCCCCCCCC(C)C(=O)OCCC(C)(COC(=O)C(C)CCCCCCCCCCCCC)COC(=O)C(C)CCCCCCCCCCCCC. The van der Waals surface area contributed by atoms with Crippen molar-refractivity contribution in [1.82, 2.24) is 0 Å². The van der Waals surface area contributed by atoms with Crippen LogP contribution in [0.15, 0.2) is 0 Å². The third kappa shape index (κ3) is 37.0. The predicted molar refractivity (Wildman–Crippen MR) is 256 cm³/mol. The summed E-state index contributed by atoms with van der Waals surface area (Å²) in [5, 5.41) is 0. The highest BCUT2D eigenvalue weighted by Crippen LogP contribution is 2.26. The minimum absolute atomic E-state index is 0.139. The van der Waals surface area contributed by atoms with Crippen molar-refractivity contribution in [3.8, 4) is 0 Å². The second kappa shape index (κ2) is 42.7. The Morgan fingerprint density at radius 2 is 0.567 bits per heavy atom. The average Bonchev–Trinajstić information content (AvgIpc) is 3.24. The Morgan fingerprint density at radius 1 is 0.350 bits per heavy atom. The van der Waals surface area contributed by atoms with E-state index in [1.807, 2.05) is 27.7 Å². The molecule has 0 aliphatic heterocycles. The second-order valence-corrected chi connectivity index (χ2v) is 19.6. The van der Waals surface area contributed by atoms with E-state index in [0.717, 1.165) is 57.8 Å². The van der Waals surface area contributed by atoms with Crippen LogP contribution in [0.3, 0.4) is 0 Å². The van der Waals surface area contributed by atoms with Gasteiger partial charge in [-0.25, -0.2) is 0 Å². The fraction of sp³-hybridized carbons (Fsp3) is 0.944. The van der Waals surface area contributed by atoms with E-state index in [9.17, 15) is 14.4 Å². The number of rotatable bonds is 46. The van der Waals surface area contributed by atoms with Crippen molar-refractivity contribution in [2.45, 2.75) is 286 Å². The fourth-order valence-electron chi connectivity index (χ4n) is 8.20. The third-order valence-electron chi connectivity index (χ3n) is 13.0. The summed E-state index contributed by atoms with van der Waals surface area (Å²) in [4.78, 5) is 39.2. The molecule has 0 aromatic rings. The zero-order chi connectivity index (χ0) is 44.4. The molecule has 6 nitrogen and oxygen atoms in total. The molecule has 356 valence electrons. The van der Waals surface area contributed by atoms with Crippen molar-refractivity contribution in [3.05, 3.63) is 0 Å². The number of hydrogen-bond donors (Lipinski definition) is 0. The quantitative estimate of drug-likeness (QED) is 0.0345. The van der Waals surface area contributed by atoms with Crippen molar-refractivity contribution in [2.75, 3.05) is 19.8 Å². The van der Waals surface area contributed by atoms with Gasteiger partial charge in [0.15, 0.2) is 0 Å². The molecule has 0 fully saturated rings. The zero-order valence-electron chi connectivity index (χ0n) is 41.5. The van der Waals surface area contributed by atoms with Crippen LogP contribution in [0, 0.1) is 23.2 Å². The van der Waals surface area contributed by atoms with Crippen LogP contribution in [-0.2, 0) is 28.6 Å². The number of hydrogen-bond acceptors (Lipinski definition) is 6. The molecule has 6 heteroatoms. The van der Waals surface area contributed by atoms with Gasteiger partial charge in [-0.1, -0.05) is 260 Å². The van der Waals surface area contributed by atoms with Crippen LogP contribution in [0.5, 0.6) is 0 Å². The number of ether oxygens (including phenoxy) is 3. The van der Waals surface area contributed by atoms with Gasteiger partial charge in [0.2, 0.25) is 0 Å². The molecule has 0 spiro atoms. The molecule has 0 rings (SSSR count). The van der Waals surface area contributed by atoms with Crippen molar-refractivity contribution >= 4 is 17.9 Å².